The molecule has 7 nitrogen and oxygen atoms in total. The maximum absolute atomic E-state index is 5.40. The summed E-state index contributed by atoms with van der Waals surface area (Å²) in [5.74, 6) is 1.69. The first kappa shape index (κ1) is 27.9. The lowest BCUT2D eigenvalue weighted by molar-refractivity contribution is 0.145. The van der Waals surface area contributed by atoms with Gasteiger partial charge in [-0.1, -0.05) is 12.1 Å². The van der Waals surface area contributed by atoms with Crippen molar-refractivity contribution in [2.45, 2.75) is 26.3 Å². The lowest BCUT2D eigenvalue weighted by Crippen LogP contribution is -2.41. The van der Waals surface area contributed by atoms with Crippen LogP contribution >= 0.6 is 24.0 Å². The van der Waals surface area contributed by atoms with Gasteiger partial charge in [-0.3, -0.25) is 0 Å². The highest BCUT2D eigenvalue weighted by atomic mass is 127. The van der Waals surface area contributed by atoms with Crippen LogP contribution in [0.1, 0.15) is 25.3 Å². The predicted octanol–water partition coefficient (Wildman–Crippen LogP) is 2.74. The summed E-state index contributed by atoms with van der Waals surface area (Å²) in [7, 11) is 5.54. The molecule has 0 bridgehead atoms. The number of benzene rings is 1. The average Bonchev–Trinajstić information content (AvgIpc) is 2.72. The Morgan fingerprint density at radius 3 is 2.38 bits per heavy atom. The number of ether oxygens (including phenoxy) is 3. The number of halogens is 1. The number of hydrogen-bond donors (Lipinski definition) is 2. The molecule has 0 saturated carbocycles. The monoisotopic (exact) mass is 522 g/mol. The highest BCUT2D eigenvalue weighted by Crippen LogP contribution is 2.11. The van der Waals surface area contributed by atoms with Gasteiger partial charge < -0.3 is 29.7 Å². The van der Waals surface area contributed by atoms with Crippen molar-refractivity contribution in [1.82, 2.24) is 15.5 Å². The fourth-order valence-electron chi connectivity index (χ4n) is 2.56. The Kier molecular flexibility index (Phi) is 18.2. The molecule has 168 valence electrons. The van der Waals surface area contributed by atoms with Gasteiger partial charge in [0.05, 0.1) is 13.7 Å². The van der Waals surface area contributed by atoms with Gasteiger partial charge in [-0.05, 0) is 44.5 Å². The number of guanidine groups is 1. The van der Waals surface area contributed by atoms with Gasteiger partial charge in [0, 0.05) is 53.1 Å². The molecule has 0 radical (unpaired) electrons. The van der Waals surface area contributed by atoms with E-state index in [2.05, 4.69) is 22.6 Å². The normalized spacial score (nSPS) is 11.3. The van der Waals surface area contributed by atoms with E-state index in [1.54, 1.807) is 14.2 Å². The van der Waals surface area contributed by atoms with Crippen LogP contribution in [0.15, 0.2) is 29.3 Å². The second kappa shape index (κ2) is 18.9. The van der Waals surface area contributed by atoms with Gasteiger partial charge in [0.25, 0.3) is 0 Å². The van der Waals surface area contributed by atoms with Crippen LogP contribution in [0.4, 0.5) is 0 Å². The van der Waals surface area contributed by atoms with E-state index in [0.717, 1.165) is 76.1 Å². The Morgan fingerprint density at radius 1 is 1.00 bits per heavy atom. The molecular formula is C21H39IN4O3. The van der Waals surface area contributed by atoms with Crippen molar-refractivity contribution >= 4 is 29.9 Å². The van der Waals surface area contributed by atoms with Crippen LogP contribution in [-0.4, -0.2) is 78.1 Å². The summed E-state index contributed by atoms with van der Waals surface area (Å²) in [5.41, 5.74) is 1.15. The van der Waals surface area contributed by atoms with Crippen LogP contribution in [0.25, 0.3) is 0 Å². The third kappa shape index (κ3) is 14.5. The Balaban J connectivity index is 0.00000784. The number of rotatable bonds is 15. The molecule has 0 aromatic heterocycles. The molecule has 0 heterocycles. The molecule has 0 unspecified atom stereocenters. The highest BCUT2D eigenvalue weighted by Gasteiger charge is 2.02. The van der Waals surface area contributed by atoms with Crippen molar-refractivity contribution in [2.75, 3.05) is 67.3 Å². The molecule has 0 atom stereocenters. The molecule has 2 N–H and O–H groups in total. The first-order valence-electron chi connectivity index (χ1n) is 10.1. The smallest absolute Gasteiger partial charge is 0.191 e. The summed E-state index contributed by atoms with van der Waals surface area (Å²) in [4.78, 5) is 7.01. The number of nitrogens with zero attached hydrogens (tertiary/aromatic N) is 2. The van der Waals surface area contributed by atoms with Gasteiger partial charge in [0.1, 0.15) is 5.75 Å². The van der Waals surface area contributed by atoms with Crippen LogP contribution in [0.5, 0.6) is 5.75 Å². The SMILES string of the molecule is CCOCCCNC(=NCc1ccc(OC)cc1)NCCN(C)CCCOC.I. The maximum Gasteiger partial charge on any atom is 0.191 e. The molecule has 1 aromatic rings. The quantitative estimate of drug-likeness (QED) is 0.160. The fourth-order valence-corrected chi connectivity index (χ4v) is 2.56. The van der Waals surface area contributed by atoms with Crippen molar-refractivity contribution in [3.05, 3.63) is 29.8 Å². The van der Waals surface area contributed by atoms with Crippen molar-refractivity contribution in [3.63, 3.8) is 0 Å². The second-order valence-corrected chi connectivity index (χ2v) is 6.57. The zero-order valence-electron chi connectivity index (χ0n) is 18.4. The van der Waals surface area contributed by atoms with Gasteiger partial charge in [-0.15, -0.1) is 24.0 Å². The van der Waals surface area contributed by atoms with Crippen molar-refractivity contribution in [1.29, 1.82) is 0 Å². The van der Waals surface area contributed by atoms with E-state index < -0.39 is 0 Å². The van der Waals surface area contributed by atoms with Crippen LogP contribution < -0.4 is 15.4 Å². The largest absolute Gasteiger partial charge is 0.497 e. The minimum Gasteiger partial charge on any atom is -0.497 e. The number of methoxy groups -OCH3 is 2. The number of likely N-dealkylation sites (N-methyl/N-ethyl adjacent to an activating group) is 1. The van der Waals surface area contributed by atoms with Gasteiger partial charge in [0.2, 0.25) is 0 Å². The Morgan fingerprint density at radius 2 is 1.72 bits per heavy atom. The zero-order chi connectivity index (χ0) is 20.5. The molecule has 0 aliphatic carbocycles. The molecule has 0 saturated heterocycles. The molecule has 0 fully saturated rings. The first-order chi connectivity index (χ1) is 13.7. The van der Waals surface area contributed by atoms with Gasteiger partial charge in [0.15, 0.2) is 5.96 Å². The van der Waals surface area contributed by atoms with E-state index in [1.165, 1.54) is 0 Å². The molecule has 0 aliphatic rings. The summed E-state index contributed by atoms with van der Waals surface area (Å²) in [6, 6.07) is 8.00. The average molecular weight is 522 g/mol. The molecule has 0 spiro atoms. The van der Waals surface area contributed by atoms with Crippen LogP contribution in [-0.2, 0) is 16.0 Å². The van der Waals surface area contributed by atoms with Crippen LogP contribution in [0.2, 0.25) is 0 Å². The predicted molar refractivity (Wildman–Crippen MR) is 131 cm³/mol. The summed E-state index contributed by atoms with van der Waals surface area (Å²) >= 11 is 0. The van der Waals surface area contributed by atoms with E-state index in [-0.39, 0.29) is 24.0 Å². The topological polar surface area (TPSA) is 67.3 Å². The molecule has 1 rings (SSSR count). The summed E-state index contributed by atoms with van der Waals surface area (Å²) < 4.78 is 15.7. The Bertz CT molecular complexity index is 529. The summed E-state index contributed by atoms with van der Waals surface area (Å²) in [6.07, 6.45) is 2.00. The first-order valence-corrected chi connectivity index (χ1v) is 10.1. The lowest BCUT2D eigenvalue weighted by atomic mass is 10.2. The number of nitrogens with one attached hydrogen (secondary N) is 2. The Hall–Kier alpha value is -1.10. The van der Waals surface area contributed by atoms with Crippen molar-refractivity contribution < 1.29 is 14.2 Å². The molecule has 0 aliphatic heterocycles. The molecule has 8 heteroatoms. The maximum atomic E-state index is 5.40. The molecule has 1 aromatic carbocycles. The van der Waals surface area contributed by atoms with Crippen molar-refractivity contribution in [2.24, 2.45) is 4.99 Å². The lowest BCUT2D eigenvalue weighted by Gasteiger charge is -2.18. The summed E-state index contributed by atoms with van der Waals surface area (Å²) in [6.45, 7) is 8.59. The highest BCUT2D eigenvalue weighted by molar-refractivity contribution is 14.0. The molecular weight excluding hydrogens is 483 g/mol. The van der Waals surface area contributed by atoms with Gasteiger partial charge in [-0.2, -0.15) is 0 Å². The van der Waals surface area contributed by atoms with E-state index in [9.17, 15) is 0 Å². The minimum atomic E-state index is 0. The van der Waals surface area contributed by atoms with E-state index in [1.807, 2.05) is 31.2 Å². The van der Waals surface area contributed by atoms with Gasteiger partial charge in [-0.25, -0.2) is 4.99 Å². The van der Waals surface area contributed by atoms with E-state index >= 15 is 0 Å². The van der Waals surface area contributed by atoms with Gasteiger partial charge >= 0.3 is 0 Å². The van der Waals surface area contributed by atoms with Crippen molar-refractivity contribution in [3.8, 4) is 5.75 Å². The zero-order valence-corrected chi connectivity index (χ0v) is 20.7. The standard InChI is InChI=1S/C21H38N4O3.HI/c1-5-28-17-6-12-22-21(23-13-15-25(2)14-7-16-26-3)24-18-19-8-10-20(27-4)11-9-19;/h8-11H,5-7,12-18H2,1-4H3,(H2,22,23,24);1H. The third-order valence-corrected chi connectivity index (χ3v) is 4.22. The fraction of sp³-hybridized carbons (Fsp3) is 0.667. The van der Waals surface area contributed by atoms with E-state index in [0.29, 0.717) is 6.54 Å². The minimum absolute atomic E-state index is 0. The van der Waals surface area contributed by atoms with E-state index in [4.69, 9.17) is 19.2 Å². The second-order valence-electron chi connectivity index (χ2n) is 6.57. The molecule has 29 heavy (non-hydrogen) atoms. The Labute approximate surface area is 193 Å². The third-order valence-electron chi connectivity index (χ3n) is 4.22. The summed E-state index contributed by atoms with van der Waals surface area (Å²) in [5, 5.41) is 6.82. The number of aliphatic imine (C=N–C) groups is 1. The van der Waals surface area contributed by atoms with Crippen LogP contribution in [0.3, 0.4) is 0 Å². The van der Waals surface area contributed by atoms with Crippen LogP contribution in [0, 0.1) is 0 Å². The molecule has 0 amide bonds. The number of hydrogen-bond acceptors (Lipinski definition) is 5.